The number of nitrogens with zero attached hydrogens (tertiary/aromatic N) is 2. The third kappa shape index (κ3) is 3.34. The van der Waals surface area contributed by atoms with Gasteiger partial charge in [-0.05, 0) is 12.1 Å². The van der Waals surface area contributed by atoms with Crippen molar-refractivity contribution >= 4 is 0 Å². The molecule has 106 valence electrons. The van der Waals surface area contributed by atoms with Crippen LogP contribution in [0, 0.1) is 0 Å². The van der Waals surface area contributed by atoms with Crippen LogP contribution in [0.4, 0.5) is 0 Å². The van der Waals surface area contributed by atoms with E-state index in [2.05, 4.69) is 15.5 Å². The molecule has 1 N–H and O–H groups in total. The topological polar surface area (TPSA) is 69.4 Å². The van der Waals surface area contributed by atoms with Crippen LogP contribution in [-0.4, -0.2) is 36.5 Å². The minimum Gasteiger partial charge on any atom is -0.493 e. The summed E-state index contributed by atoms with van der Waals surface area (Å²) < 4.78 is 16.2. The smallest absolute Gasteiger partial charge is 0.230 e. The molecule has 0 bridgehead atoms. The Bertz CT molecular complexity index is 523. The number of ether oxygens (including phenoxy) is 2. The summed E-state index contributed by atoms with van der Waals surface area (Å²) >= 11 is 0. The molecule has 0 aliphatic carbocycles. The van der Waals surface area contributed by atoms with Gasteiger partial charge in [0.1, 0.15) is 5.75 Å². The van der Waals surface area contributed by atoms with Gasteiger partial charge in [0.25, 0.3) is 0 Å². The van der Waals surface area contributed by atoms with Gasteiger partial charge < -0.3 is 19.3 Å². The Kier molecular flexibility index (Phi) is 4.25. The summed E-state index contributed by atoms with van der Waals surface area (Å²) in [6.07, 6.45) is 0.593. The number of morpholine rings is 1. The van der Waals surface area contributed by atoms with Crippen LogP contribution in [0.5, 0.6) is 5.75 Å². The van der Waals surface area contributed by atoms with Crippen molar-refractivity contribution in [3.05, 3.63) is 42.0 Å². The van der Waals surface area contributed by atoms with Crippen LogP contribution < -0.4 is 10.1 Å². The second-order valence-corrected chi connectivity index (χ2v) is 4.54. The van der Waals surface area contributed by atoms with Crippen LogP contribution in [0.3, 0.4) is 0 Å². The first-order chi connectivity index (χ1) is 9.92. The van der Waals surface area contributed by atoms with Crippen molar-refractivity contribution in [1.82, 2.24) is 15.5 Å². The van der Waals surface area contributed by atoms with E-state index < -0.39 is 0 Å². The number of hydrogen-bond donors (Lipinski definition) is 1. The highest BCUT2D eigenvalue weighted by Gasteiger charge is 2.20. The molecule has 1 unspecified atom stereocenters. The molecule has 3 rings (SSSR count). The number of nitrogens with one attached hydrogen (secondary N) is 1. The molecule has 1 aromatic carbocycles. The summed E-state index contributed by atoms with van der Waals surface area (Å²) in [5, 5.41) is 7.27. The zero-order valence-electron chi connectivity index (χ0n) is 11.1. The van der Waals surface area contributed by atoms with Crippen molar-refractivity contribution in [3.63, 3.8) is 0 Å². The van der Waals surface area contributed by atoms with Gasteiger partial charge in [-0.15, -0.1) is 0 Å². The predicted octanol–water partition coefficient (Wildman–Crippen LogP) is 1.35. The van der Waals surface area contributed by atoms with Gasteiger partial charge in [0.15, 0.2) is 5.82 Å². The summed E-state index contributed by atoms with van der Waals surface area (Å²) in [4.78, 5) is 4.36. The number of hydrogen-bond acceptors (Lipinski definition) is 6. The van der Waals surface area contributed by atoms with E-state index in [-0.39, 0.29) is 6.04 Å². The molecule has 0 amide bonds. The standard InChI is InChI=1S/C14H17N3O3/c1-2-4-11(5-3-1)19-8-6-13-16-14(17-20-13)12-10-18-9-7-15-12/h1-5,12,15H,6-10H2. The molecule has 1 fully saturated rings. The normalized spacial score (nSPS) is 18.9. The van der Waals surface area contributed by atoms with Crippen molar-refractivity contribution < 1.29 is 14.0 Å². The molecule has 1 aliphatic heterocycles. The lowest BCUT2D eigenvalue weighted by atomic mass is 10.2. The molecule has 6 nitrogen and oxygen atoms in total. The summed E-state index contributed by atoms with van der Waals surface area (Å²) in [5.41, 5.74) is 0. The van der Waals surface area contributed by atoms with E-state index in [0.29, 0.717) is 31.3 Å². The van der Waals surface area contributed by atoms with E-state index in [1.54, 1.807) is 0 Å². The molecule has 1 atom stereocenters. The molecule has 1 saturated heterocycles. The molecule has 2 heterocycles. The number of para-hydroxylation sites is 1. The lowest BCUT2D eigenvalue weighted by Gasteiger charge is -2.20. The van der Waals surface area contributed by atoms with Crippen molar-refractivity contribution in [2.45, 2.75) is 12.5 Å². The van der Waals surface area contributed by atoms with E-state index >= 15 is 0 Å². The zero-order valence-corrected chi connectivity index (χ0v) is 11.1. The Hall–Kier alpha value is -1.92. The molecule has 6 heteroatoms. The molecule has 1 aliphatic rings. The molecule has 0 radical (unpaired) electrons. The van der Waals surface area contributed by atoms with Crippen molar-refractivity contribution in [3.8, 4) is 5.75 Å². The maximum atomic E-state index is 5.60. The number of rotatable bonds is 5. The minimum atomic E-state index is 0.0243. The van der Waals surface area contributed by atoms with E-state index in [1.165, 1.54) is 0 Å². The van der Waals surface area contributed by atoms with Gasteiger partial charge in [-0.3, -0.25) is 0 Å². The van der Waals surface area contributed by atoms with Crippen LogP contribution >= 0.6 is 0 Å². The van der Waals surface area contributed by atoms with E-state index in [4.69, 9.17) is 14.0 Å². The average molecular weight is 275 g/mol. The fraction of sp³-hybridized carbons (Fsp3) is 0.429. The van der Waals surface area contributed by atoms with Gasteiger partial charge in [-0.2, -0.15) is 4.98 Å². The summed E-state index contributed by atoms with van der Waals surface area (Å²) in [6.45, 7) is 2.64. The SMILES string of the molecule is c1ccc(OCCc2nc(C3COCCN3)no2)cc1. The summed E-state index contributed by atoms with van der Waals surface area (Å²) in [7, 11) is 0. The number of benzene rings is 1. The quantitative estimate of drug-likeness (QED) is 0.888. The Morgan fingerprint density at radius 3 is 3.00 bits per heavy atom. The third-order valence-corrected chi connectivity index (χ3v) is 3.04. The highest BCUT2D eigenvalue weighted by molar-refractivity contribution is 5.20. The maximum Gasteiger partial charge on any atom is 0.230 e. The Morgan fingerprint density at radius 1 is 1.30 bits per heavy atom. The minimum absolute atomic E-state index is 0.0243. The average Bonchev–Trinajstić information content (AvgIpc) is 2.98. The fourth-order valence-electron chi connectivity index (χ4n) is 2.02. The summed E-state index contributed by atoms with van der Waals surface area (Å²) in [6, 6.07) is 9.70. The van der Waals surface area contributed by atoms with Gasteiger partial charge >= 0.3 is 0 Å². The Morgan fingerprint density at radius 2 is 2.20 bits per heavy atom. The van der Waals surface area contributed by atoms with Crippen molar-refractivity contribution in [1.29, 1.82) is 0 Å². The molecule has 20 heavy (non-hydrogen) atoms. The molecular weight excluding hydrogens is 258 g/mol. The van der Waals surface area contributed by atoms with Crippen molar-refractivity contribution in [2.24, 2.45) is 0 Å². The number of aromatic nitrogens is 2. The van der Waals surface area contributed by atoms with Crippen LogP contribution in [0.2, 0.25) is 0 Å². The second kappa shape index (κ2) is 6.49. The first-order valence-electron chi connectivity index (χ1n) is 6.73. The van der Waals surface area contributed by atoms with Gasteiger partial charge in [0.2, 0.25) is 5.89 Å². The molecule has 0 spiro atoms. The highest BCUT2D eigenvalue weighted by Crippen LogP contribution is 2.13. The van der Waals surface area contributed by atoms with E-state index in [0.717, 1.165) is 18.9 Å². The van der Waals surface area contributed by atoms with Crippen LogP contribution in [0.15, 0.2) is 34.9 Å². The van der Waals surface area contributed by atoms with E-state index in [9.17, 15) is 0 Å². The zero-order chi connectivity index (χ0) is 13.6. The van der Waals surface area contributed by atoms with E-state index in [1.807, 2.05) is 30.3 Å². The molecule has 1 aromatic heterocycles. The molecule has 0 saturated carbocycles. The first-order valence-corrected chi connectivity index (χ1v) is 6.73. The maximum absolute atomic E-state index is 5.60. The van der Waals surface area contributed by atoms with Crippen LogP contribution in [-0.2, 0) is 11.2 Å². The molecular formula is C14H17N3O3. The Labute approximate surface area is 117 Å². The lowest BCUT2D eigenvalue weighted by molar-refractivity contribution is 0.0734. The van der Waals surface area contributed by atoms with Gasteiger partial charge in [0.05, 0.1) is 32.3 Å². The monoisotopic (exact) mass is 275 g/mol. The predicted molar refractivity (Wildman–Crippen MR) is 71.5 cm³/mol. The van der Waals surface area contributed by atoms with Gasteiger partial charge in [-0.1, -0.05) is 23.4 Å². The lowest BCUT2D eigenvalue weighted by Crippen LogP contribution is -2.35. The van der Waals surface area contributed by atoms with Crippen molar-refractivity contribution in [2.75, 3.05) is 26.4 Å². The highest BCUT2D eigenvalue weighted by atomic mass is 16.5. The molecule has 2 aromatic rings. The van der Waals surface area contributed by atoms with Gasteiger partial charge in [-0.25, -0.2) is 0 Å². The largest absolute Gasteiger partial charge is 0.493 e. The first kappa shape index (κ1) is 13.1. The summed E-state index contributed by atoms with van der Waals surface area (Å²) in [5.74, 6) is 2.08. The van der Waals surface area contributed by atoms with Crippen LogP contribution in [0.25, 0.3) is 0 Å². The third-order valence-electron chi connectivity index (χ3n) is 3.04. The van der Waals surface area contributed by atoms with Crippen LogP contribution in [0.1, 0.15) is 17.8 Å². The fourth-order valence-corrected chi connectivity index (χ4v) is 2.02. The Balaban J connectivity index is 1.50. The second-order valence-electron chi connectivity index (χ2n) is 4.54. The van der Waals surface area contributed by atoms with Gasteiger partial charge in [0, 0.05) is 6.54 Å².